The van der Waals surface area contributed by atoms with Crippen LogP contribution in [0.3, 0.4) is 0 Å². The molecule has 0 radical (unpaired) electrons. The number of methoxy groups -OCH3 is 2. The molecule has 5 N–H and O–H groups in total. The van der Waals surface area contributed by atoms with Crippen LogP contribution in [0.15, 0.2) is 92.1 Å². The number of nitrogens with zero attached hydrogens (tertiary/aromatic N) is 12. The monoisotopic (exact) mass is 1050 g/mol. The first-order chi connectivity index (χ1) is 34.1. The molecule has 7 aromatic rings. The average molecular weight is 1050 g/mol. The number of thiazole rings is 2. The molecule has 0 fully saturated rings. The summed E-state index contributed by atoms with van der Waals surface area (Å²) in [6.07, 6.45) is 0. The molecule has 28 heteroatoms. The summed E-state index contributed by atoms with van der Waals surface area (Å²) in [5.41, 5.74) is 4.40. The second-order valence-corrected chi connectivity index (χ2v) is 18.4. The summed E-state index contributed by atoms with van der Waals surface area (Å²) in [6.45, 7) is 10.5. The molecule has 3 heterocycles. The Labute approximate surface area is 417 Å². The number of rotatable bonds is 22. The van der Waals surface area contributed by atoms with Gasteiger partial charge in [-0.3, -0.25) is 4.55 Å². The molecule has 0 bridgehead atoms. The Kier molecular flexibility index (Phi) is 18.5. The highest BCUT2D eigenvalue weighted by molar-refractivity contribution is 7.85. The number of nitrogens with one attached hydrogen (secondary N) is 2. The van der Waals surface area contributed by atoms with Crippen LogP contribution in [-0.4, -0.2) is 127 Å². The molecule has 4 aromatic carbocycles. The zero-order chi connectivity index (χ0) is 51.2. The van der Waals surface area contributed by atoms with Crippen molar-refractivity contribution in [2.45, 2.75) is 32.6 Å². The van der Waals surface area contributed by atoms with Gasteiger partial charge in [0.25, 0.3) is 10.1 Å². The molecule has 24 nitrogen and oxygen atoms in total. The number of aliphatic hydroxyl groups is 2. The zero-order valence-electron chi connectivity index (χ0n) is 39.2. The van der Waals surface area contributed by atoms with E-state index in [0.29, 0.717) is 75.8 Å². The molecular weight excluding hydrogens is 1000 g/mol. The first-order valence-corrected chi connectivity index (χ1v) is 25.8. The standard InChI is InChI=1S/C43H50N14O7S3.O3S/c1-7-55(8-2)33-22-29(31(24-35(33)63-5)51-53-42-46-27-13-11-12-14-37(27)65-42)44-39-48-40(50-41(49-39)57(17-19-58)18-20-59)45-30-23-34(56(9-3)10-4)36(64-6)25-32(30)52-54-43-47-28-16-15-26(67(60,61)62)21-38(28)66-43;1-4(2)3/h11-16,21-25,58-59H,7-10,17-20H2,1-6H3,(H,60,61,62)(H2,44,45,48,49,50);. The summed E-state index contributed by atoms with van der Waals surface area (Å²) in [7, 11) is -4.39. The predicted molar refractivity (Wildman–Crippen MR) is 273 cm³/mol. The summed E-state index contributed by atoms with van der Waals surface area (Å²) < 4.78 is 71.7. The predicted octanol–water partition coefficient (Wildman–Crippen LogP) is 8.15. The molecule has 0 aliphatic heterocycles. The lowest BCUT2D eigenvalue weighted by atomic mass is 10.2. The van der Waals surface area contributed by atoms with E-state index >= 15 is 0 Å². The molecule has 0 aliphatic rings. The Morgan fingerprint density at radius 3 is 1.52 bits per heavy atom. The summed E-state index contributed by atoms with van der Waals surface area (Å²) in [4.78, 5) is 29.1. The van der Waals surface area contributed by atoms with E-state index in [1.807, 2.05) is 64.1 Å². The fraction of sp³-hybridized carbons (Fsp3) is 0.326. The Hall–Kier alpha value is -7.08. The van der Waals surface area contributed by atoms with Crippen molar-refractivity contribution >= 4 is 126 Å². The lowest BCUT2D eigenvalue weighted by Crippen LogP contribution is -2.31. The molecule has 7 rings (SSSR count). The normalized spacial score (nSPS) is 11.5. The molecule has 0 spiro atoms. The van der Waals surface area contributed by atoms with Crippen LogP contribution >= 0.6 is 22.7 Å². The number of fused-ring (bicyclic) bond motifs is 2. The highest BCUT2D eigenvalue weighted by Crippen LogP contribution is 2.43. The maximum absolute atomic E-state index is 11.8. The minimum atomic E-state index is -4.43. The van der Waals surface area contributed by atoms with Gasteiger partial charge in [-0.25, -0.2) is 9.97 Å². The average Bonchev–Trinajstić information content (AvgIpc) is 3.97. The molecule has 376 valence electrons. The van der Waals surface area contributed by atoms with Crippen molar-refractivity contribution in [1.82, 2.24) is 24.9 Å². The van der Waals surface area contributed by atoms with E-state index in [4.69, 9.17) is 37.1 Å². The largest absolute Gasteiger partial charge is 0.494 e. The molecule has 0 atom stereocenters. The molecular formula is C43H50N14O10S4. The van der Waals surface area contributed by atoms with Crippen molar-refractivity contribution in [2.75, 3.05) is 92.0 Å². The van der Waals surface area contributed by atoms with Gasteiger partial charge in [0.05, 0.1) is 75.5 Å². The minimum Gasteiger partial charge on any atom is -0.494 e. The van der Waals surface area contributed by atoms with Crippen LogP contribution in [0.1, 0.15) is 27.7 Å². The number of benzene rings is 4. The second-order valence-electron chi connectivity index (χ2n) is 14.6. The third kappa shape index (κ3) is 13.6. The first-order valence-electron chi connectivity index (χ1n) is 21.7. The quantitative estimate of drug-likeness (QED) is 0.0316. The first kappa shape index (κ1) is 53.3. The smallest absolute Gasteiger partial charge is 0.425 e. The zero-order valence-corrected chi connectivity index (χ0v) is 42.5. The fourth-order valence-electron chi connectivity index (χ4n) is 7.04. The number of hydrogen-bond donors (Lipinski definition) is 5. The van der Waals surface area contributed by atoms with Gasteiger partial charge in [0, 0.05) is 51.4 Å². The van der Waals surface area contributed by atoms with Gasteiger partial charge in [0.15, 0.2) is 0 Å². The van der Waals surface area contributed by atoms with E-state index in [1.165, 1.54) is 29.5 Å². The van der Waals surface area contributed by atoms with Crippen LogP contribution in [0.4, 0.5) is 62.2 Å². The molecule has 0 saturated carbocycles. The van der Waals surface area contributed by atoms with E-state index in [-0.39, 0.29) is 54.2 Å². The number of aliphatic hydroxyl groups excluding tert-OH is 2. The summed E-state index contributed by atoms with van der Waals surface area (Å²) in [5, 5.41) is 45.6. The highest BCUT2D eigenvalue weighted by Gasteiger charge is 2.21. The van der Waals surface area contributed by atoms with Crippen LogP contribution in [0.2, 0.25) is 0 Å². The number of ether oxygens (including phenoxy) is 2. The van der Waals surface area contributed by atoms with Crippen LogP contribution in [-0.2, 0) is 20.7 Å². The molecule has 0 aliphatic carbocycles. The van der Waals surface area contributed by atoms with Gasteiger partial charge < -0.3 is 45.0 Å². The minimum absolute atomic E-state index is 0.0633. The van der Waals surface area contributed by atoms with Gasteiger partial charge in [0.1, 0.15) is 22.9 Å². The van der Waals surface area contributed by atoms with Gasteiger partial charge in [-0.15, -0.1) is 33.1 Å². The number of para-hydroxylation sites is 1. The van der Waals surface area contributed by atoms with Gasteiger partial charge in [-0.1, -0.05) is 34.8 Å². The van der Waals surface area contributed by atoms with Crippen molar-refractivity contribution in [1.29, 1.82) is 0 Å². The van der Waals surface area contributed by atoms with E-state index < -0.39 is 20.7 Å². The van der Waals surface area contributed by atoms with Crippen LogP contribution in [0, 0.1) is 0 Å². The fourth-order valence-corrected chi connectivity index (χ4v) is 9.23. The van der Waals surface area contributed by atoms with Gasteiger partial charge in [-0.2, -0.15) is 23.4 Å². The van der Waals surface area contributed by atoms with Gasteiger partial charge >= 0.3 is 10.6 Å². The van der Waals surface area contributed by atoms with E-state index in [9.17, 15) is 23.2 Å². The third-order valence-corrected chi connectivity index (χ3v) is 13.0. The Balaban J connectivity index is 0.00000199. The van der Waals surface area contributed by atoms with Gasteiger partial charge in [-0.05, 0) is 70.2 Å². The third-order valence-electron chi connectivity index (χ3n) is 10.4. The number of aromatic nitrogens is 5. The van der Waals surface area contributed by atoms with E-state index in [2.05, 4.69) is 50.9 Å². The van der Waals surface area contributed by atoms with Gasteiger partial charge in [0.2, 0.25) is 28.1 Å². The number of azo groups is 2. The molecule has 3 aromatic heterocycles. The van der Waals surface area contributed by atoms with Crippen molar-refractivity contribution in [2.24, 2.45) is 20.5 Å². The lowest BCUT2D eigenvalue weighted by molar-refractivity contribution is 0.280. The maximum atomic E-state index is 11.8. The van der Waals surface area contributed by atoms with Crippen LogP contribution < -0.4 is 34.8 Å². The van der Waals surface area contributed by atoms with E-state index in [0.717, 1.165) is 32.9 Å². The number of hydrogen-bond acceptors (Lipinski definition) is 25. The van der Waals surface area contributed by atoms with Crippen molar-refractivity contribution in [3.8, 4) is 11.5 Å². The Bertz CT molecular complexity index is 3210. The Morgan fingerprint density at radius 2 is 1.08 bits per heavy atom. The SMILES string of the molecule is CCN(CC)c1cc(Nc2nc(Nc3cc(N(CC)CC)c(OC)cc3N=Nc3nc4ccc(S(=O)(=O)O)cc4s3)nc(N(CCO)CCO)n2)c(N=Nc2nc3ccccc3s2)cc1OC.O=S(=O)=O. The summed E-state index contributed by atoms with van der Waals surface area (Å²) in [5.74, 6) is 1.37. The van der Waals surface area contributed by atoms with Crippen molar-refractivity contribution in [3.05, 3.63) is 66.7 Å². The van der Waals surface area contributed by atoms with Crippen LogP contribution in [0.25, 0.3) is 20.4 Å². The van der Waals surface area contributed by atoms with E-state index in [1.54, 1.807) is 31.3 Å². The lowest BCUT2D eigenvalue weighted by Gasteiger charge is -2.25. The van der Waals surface area contributed by atoms with Crippen LogP contribution in [0.5, 0.6) is 11.5 Å². The molecule has 0 saturated heterocycles. The summed E-state index contributed by atoms with van der Waals surface area (Å²) >= 11 is 2.49. The Morgan fingerprint density at radius 1 is 0.620 bits per heavy atom. The topological polar surface area (TPSA) is 312 Å². The maximum Gasteiger partial charge on any atom is 0.425 e. The molecule has 0 amide bonds. The second kappa shape index (κ2) is 24.7. The molecule has 71 heavy (non-hydrogen) atoms. The van der Waals surface area contributed by atoms with Crippen molar-refractivity contribution < 1.29 is 45.3 Å². The highest BCUT2D eigenvalue weighted by atomic mass is 32.2. The summed E-state index contributed by atoms with van der Waals surface area (Å²) in [6, 6.07) is 19.0. The number of anilines is 7. The van der Waals surface area contributed by atoms with Crippen molar-refractivity contribution in [3.63, 3.8) is 0 Å². The molecule has 0 unspecified atom stereocenters.